The minimum atomic E-state index is 0.249. The van der Waals surface area contributed by atoms with Crippen molar-refractivity contribution >= 4 is 5.82 Å². The van der Waals surface area contributed by atoms with Gasteiger partial charge in [-0.15, -0.1) is 0 Å². The van der Waals surface area contributed by atoms with Gasteiger partial charge in [-0.3, -0.25) is 0 Å². The van der Waals surface area contributed by atoms with Gasteiger partial charge in [-0.25, -0.2) is 9.97 Å². The second-order valence-corrected chi connectivity index (χ2v) is 5.47. The largest absolute Gasteiger partial charge is 0.494 e. The summed E-state index contributed by atoms with van der Waals surface area (Å²) in [6.07, 6.45) is 1.00. The van der Waals surface area contributed by atoms with E-state index in [0.717, 1.165) is 41.4 Å². The molecule has 112 valence electrons. The summed E-state index contributed by atoms with van der Waals surface area (Å²) < 4.78 is 5.60. The second-order valence-electron chi connectivity index (χ2n) is 5.47. The zero-order valence-corrected chi connectivity index (χ0v) is 13.2. The van der Waals surface area contributed by atoms with Crippen molar-refractivity contribution < 1.29 is 4.74 Å². The molecule has 0 amide bonds. The van der Waals surface area contributed by atoms with Gasteiger partial charge in [0, 0.05) is 17.0 Å². The van der Waals surface area contributed by atoms with Crippen LogP contribution in [0.3, 0.4) is 0 Å². The maximum Gasteiger partial charge on any atom is 0.133 e. The molecule has 0 aliphatic carbocycles. The van der Waals surface area contributed by atoms with Crippen LogP contribution in [0.4, 0.5) is 5.82 Å². The molecule has 0 bridgehead atoms. The lowest BCUT2D eigenvalue weighted by Crippen LogP contribution is -2.06. The maximum atomic E-state index is 6.02. The van der Waals surface area contributed by atoms with Crippen LogP contribution in [0.15, 0.2) is 24.3 Å². The van der Waals surface area contributed by atoms with Crippen molar-refractivity contribution in [3.63, 3.8) is 0 Å². The van der Waals surface area contributed by atoms with Crippen LogP contribution in [-0.2, 0) is 0 Å². The Morgan fingerprint density at radius 1 is 1.14 bits per heavy atom. The number of aromatic nitrogens is 2. The lowest BCUT2D eigenvalue weighted by atomic mass is 10.1. The Morgan fingerprint density at radius 3 is 2.38 bits per heavy atom. The van der Waals surface area contributed by atoms with Crippen molar-refractivity contribution in [2.45, 2.75) is 40.0 Å². The molecule has 4 nitrogen and oxygen atoms in total. The van der Waals surface area contributed by atoms with Gasteiger partial charge >= 0.3 is 0 Å². The van der Waals surface area contributed by atoms with Gasteiger partial charge in [-0.1, -0.05) is 20.8 Å². The van der Waals surface area contributed by atoms with Gasteiger partial charge in [0.2, 0.25) is 0 Å². The molecular weight excluding hydrogens is 262 g/mol. The van der Waals surface area contributed by atoms with E-state index in [1.54, 1.807) is 0 Å². The van der Waals surface area contributed by atoms with Gasteiger partial charge in [0.1, 0.15) is 17.4 Å². The molecule has 4 heteroatoms. The number of anilines is 1. The zero-order chi connectivity index (χ0) is 15.4. The fourth-order valence-electron chi connectivity index (χ4n) is 2.02. The van der Waals surface area contributed by atoms with E-state index < -0.39 is 0 Å². The van der Waals surface area contributed by atoms with E-state index in [1.165, 1.54) is 0 Å². The summed E-state index contributed by atoms with van der Waals surface area (Å²) in [5.41, 5.74) is 8.87. The number of nitrogens with zero attached hydrogens (tertiary/aromatic N) is 2. The number of ether oxygens (including phenoxy) is 1. The Kier molecular flexibility index (Phi) is 4.78. The fourth-order valence-corrected chi connectivity index (χ4v) is 2.02. The third-order valence-corrected chi connectivity index (χ3v) is 3.32. The summed E-state index contributed by atoms with van der Waals surface area (Å²) >= 11 is 0. The number of hydrogen-bond acceptors (Lipinski definition) is 4. The van der Waals surface area contributed by atoms with Crippen LogP contribution >= 0.6 is 0 Å². The molecule has 2 rings (SSSR count). The van der Waals surface area contributed by atoms with E-state index in [-0.39, 0.29) is 5.92 Å². The topological polar surface area (TPSA) is 61.0 Å². The van der Waals surface area contributed by atoms with Crippen LogP contribution < -0.4 is 10.5 Å². The predicted octanol–water partition coefficient (Wildman–Crippen LogP) is 3.95. The van der Waals surface area contributed by atoms with Gasteiger partial charge in [0.25, 0.3) is 0 Å². The fraction of sp³-hybridized carbons (Fsp3) is 0.412. The van der Waals surface area contributed by atoms with Gasteiger partial charge in [0.05, 0.1) is 12.3 Å². The first-order valence-electron chi connectivity index (χ1n) is 7.40. The summed E-state index contributed by atoms with van der Waals surface area (Å²) in [5.74, 6) is 2.46. The number of benzene rings is 1. The normalized spacial score (nSPS) is 10.9. The molecule has 1 heterocycles. The molecule has 0 saturated heterocycles. The van der Waals surface area contributed by atoms with Crippen LogP contribution in [0, 0.1) is 6.92 Å². The molecule has 0 aliphatic rings. The van der Waals surface area contributed by atoms with Crippen LogP contribution in [0.5, 0.6) is 5.75 Å². The monoisotopic (exact) mass is 285 g/mol. The molecule has 1 aromatic heterocycles. The third-order valence-electron chi connectivity index (χ3n) is 3.32. The van der Waals surface area contributed by atoms with Gasteiger partial charge < -0.3 is 10.5 Å². The van der Waals surface area contributed by atoms with Crippen LogP contribution in [-0.4, -0.2) is 16.6 Å². The summed E-state index contributed by atoms with van der Waals surface area (Å²) in [6.45, 7) is 8.91. The number of hydrogen-bond donors (Lipinski definition) is 1. The Labute approximate surface area is 126 Å². The molecule has 0 radical (unpaired) electrons. The highest BCUT2D eigenvalue weighted by atomic mass is 16.5. The zero-order valence-electron chi connectivity index (χ0n) is 13.2. The summed E-state index contributed by atoms with van der Waals surface area (Å²) in [6, 6.07) is 7.98. The summed E-state index contributed by atoms with van der Waals surface area (Å²) in [4.78, 5) is 9.02. The Bertz CT molecular complexity index is 606. The van der Waals surface area contributed by atoms with E-state index >= 15 is 0 Å². The first kappa shape index (κ1) is 15.3. The minimum absolute atomic E-state index is 0.249. The summed E-state index contributed by atoms with van der Waals surface area (Å²) in [5, 5.41) is 0. The predicted molar refractivity (Wildman–Crippen MR) is 86.5 cm³/mol. The average molecular weight is 285 g/mol. The number of nitrogen functional groups attached to an aromatic ring is 1. The lowest BCUT2D eigenvalue weighted by Gasteiger charge is -2.12. The van der Waals surface area contributed by atoms with Gasteiger partial charge in [0.15, 0.2) is 0 Å². The molecule has 0 saturated carbocycles. The number of nitrogens with two attached hydrogens (primary N) is 1. The maximum absolute atomic E-state index is 6.02. The first-order valence-corrected chi connectivity index (χ1v) is 7.40. The van der Waals surface area contributed by atoms with E-state index in [2.05, 4.69) is 30.7 Å². The standard InChI is InChI=1S/C17H23N3O/c1-5-10-21-14-8-6-13(7-9-14)15-12(4)16(18)20-17(19-15)11(2)3/h6-9,11H,5,10H2,1-4H3,(H2,18,19,20). The average Bonchev–Trinajstić information content (AvgIpc) is 2.48. The van der Waals surface area contributed by atoms with Gasteiger partial charge in [-0.05, 0) is 37.6 Å². The first-order chi connectivity index (χ1) is 10.0. The van der Waals surface area contributed by atoms with E-state index in [1.807, 2.05) is 31.2 Å². The van der Waals surface area contributed by atoms with Crippen LogP contribution in [0.1, 0.15) is 44.5 Å². The van der Waals surface area contributed by atoms with Crippen molar-refractivity contribution in [3.05, 3.63) is 35.7 Å². The molecule has 0 aliphatic heterocycles. The molecule has 21 heavy (non-hydrogen) atoms. The SMILES string of the molecule is CCCOc1ccc(-c2nc(C(C)C)nc(N)c2C)cc1. The molecule has 2 N–H and O–H groups in total. The minimum Gasteiger partial charge on any atom is -0.494 e. The van der Waals surface area contributed by atoms with Crippen molar-refractivity contribution in [1.29, 1.82) is 0 Å². The van der Waals surface area contributed by atoms with Crippen molar-refractivity contribution in [3.8, 4) is 17.0 Å². The Balaban J connectivity index is 2.36. The molecule has 1 aromatic carbocycles. The Hall–Kier alpha value is -2.10. The smallest absolute Gasteiger partial charge is 0.133 e. The highest BCUT2D eigenvalue weighted by Gasteiger charge is 2.12. The Morgan fingerprint density at radius 2 is 1.81 bits per heavy atom. The summed E-state index contributed by atoms with van der Waals surface area (Å²) in [7, 11) is 0. The molecule has 0 unspecified atom stereocenters. The second kappa shape index (κ2) is 6.57. The third kappa shape index (κ3) is 3.51. The lowest BCUT2D eigenvalue weighted by molar-refractivity contribution is 0.317. The molecular formula is C17H23N3O. The van der Waals surface area contributed by atoms with Crippen molar-refractivity contribution in [2.24, 2.45) is 0 Å². The van der Waals surface area contributed by atoms with E-state index in [9.17, 15) is 0 Å². The molecule has 2 aromatic rings. The molecule has 0 fully saturated rings. The highest BCUT2D eigenvalue weighted by Crippen LogP contribution is 2.27. The van der Waals surface area contributed by atoms with Crippen LogP contribution in [0.2, 0.25) is 0 Å². The van der Waals surface area contributed by atoms with Gasteiger partial charge in [-0.2, -0.15) is 0 Å². The number of rotatable bonds is 5. The molecule has 0 atom stereocenters. The quantitative estimate of drug-likeness (QED) is 0.903. The van der Waals surface area contributed by atoms with E-state index in [4.69, 9.17) is 10.5 Å². The molecule has 0 spiro atoms. The highest BCUT2D eigenvalue weighted by molar-refractivity contribution is 5.67. The van der Waals surface area contributed by atoms with Crippen LogP contribution in [0.25, 0.3) is 11.3 Å². The van der Waals surface area contributed by atoms with E-state index in [0.29, 0.717) is 5.82 Å². The van der Waals surface area contributed by atoms with Crippen molar-refractivity contribution in [1.82, 2.24) is 9.97 Å². The van der Waals surface area contributed by atoms with Crippen molar-refractivity contribution in [2.75, 3.05) is 12.3 Å².